The van der Waals surface area contributed by atoms with Gasteiger partial charge in [-0.2, -0.15) is 0 Å². The van der Waals surface area contributed by atoms with E-state index in [0.29, 0.717) is 0 Å². The average molecular weight is 164 g/mol. The van der Waals surface area contributed by atoms with Gasteiger partial charge in [0.05, 0.1) is 0 Å². The Balaban J connectivity index is 2.74. The van der Waals surface area contributed by atoms with Gasteiger partial charge in [-0.15, -0.1) is 0 Å². The van der Waals surface area contributed by atoms with Crippen LogP contribution in [-0.2, 0) is 6.42 Å². The second kappa shape index (κ2) is 4.10. The molecule has 12 heavy (non-hydrogen) atoms. The number of unbranched alkanes of at least 4 members (excludes halogenated alkanes) is 1. The number of hydrogen-bond donors (Lipinski definition) is 2. The van der Waals surface area contributed by atoms with Crippen LogP contribution < -0.4 is 0 Å². The van der Waals surface area contributed by atoms with Gasteiger partial charge >= 0.3 is 0 Å². The molecule has 66 valence electrons. The Morgan fingerprint density at radius 3 is 2.92 bits per heavy atom. The van der Waals surface area contributed by atoms with E-state index in [1.165, 1.54) is 24.8 Å². The summed E-state index contributed by atoms with van der Waals surface area (Å²) in [4.78, 5) is 3.28. The van der Waals surface area contributed by atoms with Crippen LogP contribution >= 0.6 is 0 Å². The second-order valence-corrected chi connectivity index (χ2v) is 3.13. The van der Waals surface area contributed by atoms with Gasteiger partial charge < -0.3 is 10.4 Å². The van der Waals surface area contributed by atoms with Gasteiger partial charge in [0.15, 0.2) is 0 Å². The third-order valence-corrected chi connectivity index (χ3v) is 2.00. The summed E-state index contributed by atoms with van der Waals surface area (Å²) in [5, 5.41) is 7.19. The predicted octanol–water partition coefficient (Wildman–Crippen LogP) is 2.66. The number of aromatic amines is 1. The van der Waals surface area contributed by atoms with Crippen LogP contribution in [0.1, 0.15) is 36.7 Å². The molecule has 0 fully saturated rings. The minimum absolute atomic E-state index is 1.04. The molecule has 0 saturated heterocycles. The standard InChI is InChI=1S/C10H16N2/c1-3-4-5-10-9(7-11)6-8(2)12-10/h6-7,11-12H,3-5H2,1-2H3. The van der Waals surface area contributed by atoms with Crippen molar-refractivity contribution in [1.29, 1.82) is 5.41 Å². The highest BCUT2D eigenvalue weighted by Crippen LogP contribution is 2.10. The zero-order valence-corrected chi connectivity index (χ0v) is 7.78. The Kier molecular flexibility index (Phi) is 3.09. The molecule has 0 saturated carbocycles. The van der Waals surface area contributed by atoms with E-state index in [0.717, 1.165) is 17.7 Å². The monoisotopic (exact) mass is 164 g/mol. The van der Waals surface area contributed by atoms with E-state index in [2.05, 4.69) is 11.9 Å². The summed E-state index contributed by atoms with van der Waals surface area (Å²) in [5.74, 6) is 0. The largest absolute Gasteiger partial charge is 0.362 e. The van der Waals surface area contributed by atoms with Crippen LogP contribution in [0.2, 0.25) is 0 Å². The minimum Gasteiger partial charge on any atom is -0.362 e. The third kappa shape index (κ3) is 1.97. The average Bonchev–Trinajstić information content (AvgIpc) is 2.42. The van der Waals surface area contributed by atoms with Gasteiger partial charge in [-0.25, -0.2) is 0 Å². The SMILES string of the molecule is CCCCc1[nH]c(C)cc1C=N. The Morgan fingerprint density at radius 2 is 2.33 bits per heavy atom. The Labute approximate surface area is 73.5 Å². The molecule has 0 aliphatic carbocycles. The molecule has 2 heteroatoms. The van der Waals surface area contributed by atoms with E-state index in [-0.39, 0.29) is 0 Å². The smallest absolute Gasteiger partial charge is 0.0268 e. The Hall–Kier alpha value is -1.05. The van der Waals surface area contributed by atoms with Gasteiger partial charge in [0.2, 0.25) is 0 Å². The molecule has 1 heterocycles. The van der Waals surface area contributed by atoms with Crippen LogP contribution in [0, 0.1) is 12.3 Å². The number of aromatic nitrogens is 1. The van der Waals surface area contributed by atoms with Gasteiger partial charge in [0, 0.05) is 23.2 Å². The summed E-state index contributed by atoms with van der Waals surface area (Å²) < 4.78 is 0. The molecular weight excluding hydrogens is 148 g/mol. The van der Waals surface area contributed by atoms with Crippen LogP contribution in [0.15, 0.2) is 6.07 Å². The van der Waals surface area contributed by atoms with E-state index in [1.54, 1.807) is 0 Å². The molecular formula is C10H16N2. The summed E-state index contributed by atoms with van der Waals surface area (Å²) in [7, 11) is 0. The summed E-state index contributed by atoms with van der Waals surface area (Å²) in [5.41, 5.74) is 3.41. The lowest BCUT2D eigenvalue weighted by Gasteiger charge is -1.96. The van der Waals surface area contributed by atoms with Crippen LogP contribution in [0.4, 0.5) is 0 Å². The van der Waals surface area contributed by atoms with E-state index in [1.807, 2.05) is 13.0 Å². The molecule has 0 amide bonds. The lowest BCUT2D eigenvalue weighted by atomic mass is 10.1. The first-order chi connectivity index (χ1) is 5.77. The molecule has 0 bridgehead atoms. The van der Waals surface area contributed by atoms with Crippen molar-refractivity contribution in [2.24, 2.45) is 0 Å². The van der Waals surface area contributed by atoms with Crippen molar-refractivity contribution in [2.45, 2.75) is 33.1 Å². The van der Waals surface area contributed by atoms with Crippen LogP contribution in [0.25, 0.3) is 0 Å². The lowest BCUT2D eigenvalue weighted by molar-refractivity contribution is 0.778. The van der Waals surface area contributed by atoms with Crippen molar-refractivity contribution >= 4 is 6.21 Å². The lowest BCUT2D eigenvalue weighted by Crippen LogP contribution is -1.89. The first-order valence-corrected chi connectivity index (χ1v) is 4.47. The molecule has 2 nitrogen and oxygen atoms in total. The van der Waals surface area contributed by atoms with Crippen molar-refractivity contribution in [1.82, 2.24) is 4.98 Å². The summed E-state index contributed by atoms with van der Waals surface area (Å²) in [6, 6.07) is 2.03. The van der Waals surface area contributed by atoms with E-state index >= 15 is 0 Å². The van der Waals surface area contributed by atoms with Gasteiger partial charge in [-0.1, -0.05) is 13.3 Å². The Bertz CT molecular complexity index is 261. The van der Waals surface area contributed by atoms with Crippen molar-refractivity contribution in [3.05, 3.63) is 23.0 Å². The minimum atomic E-state index is 1.04. The number of hydrogen-bond acceptors (Lipinski definition) is 1. The maximum Gasteiger partial charge on any atom is 0.0268 e. The Morgan fingerprint density at radius 1 is 1.58 bits per heavy atom. The van der Waals surface area contributed by atoms with E-state index in [4.69, 9.17) is 5.41 Å². The first kappa shape index (κ1) is 9.04. The van der Waals surface area contributed by atoms with Gasteiger partial charge in [-0.3, -0.25) is 0 Å². The fourth-order valence-corrected chi connectivity index (χ4v) is 1.36. The highest BCUT2D eigenvalue weighted by Gasteiger charge is 2.02. The number of aryl methyl sites for hydroxylation is 2. The summed E-state index contributed by atoms with van der Waals surface area (Å²) >= 11 is 0. The zero-order valence-electron chi connectivity index (χ0n) is 7.78. The molecule has 1 aromatic heterocycles. The number of nitrogens with one attached hydrogen (secondary N) is 2. The fourth-order valence-electron chi connectivity index (χ4n) is 1.36. The van der Waals surface area contributed by atoms with Gasteiger partial charge in [0.25, 0.3) is 0 Å². The molecule has 0 radical (unpaired) electrons. The highest BCUT2D eigenvalue weighted by atomic mass is 14.7. The van der Waals surface area contributed by atoms with Crippen molar-refractivity contribution in [2.75, 3.05) is 0 Å². The van der Waals surface area contributed by atoms with Crippen LogP contribution in [0.3, 0.4) is 0 Å². The molecule has 1 aromatic rings. The molecule has 0 aliphatic rings. The normalized spacial score (nSPS) is 10.2. The maximum absolute atomic E-state index is 7.19. The van der Waals surface area contributed by atoms with Gasteiger partial charge in [-0.05, 0) is 25.8 Å². The van der Waals surface area contributed by atoms with Crippen molar-refractivity contribution in [3.8, 4) is 0 Å². The summed E-state index contributed by atoms with van der Waals surface area (Å²) in [6.07, 6.45) is 4.89. The predicted molar refractivity (Wildman–Crippen MR) is 52.0 cm³/mol. The molecule has 2 N–H and O–H groups in total. The molecule has 1 rings (SSSR count). The molecule has 0 spiro atoms. The zero-order chi connectivity index (χ0) is 8.97. The van der Waals surface area contributed by atoms with Crippen LogP contribution in [-0.4, -0.2) is 11.2 Å². The van der Waals surface area contributed by atoms with E-state index in [9.17, 15) is 0 Å². The van der Waals surface area contributed by atoms with Gasteiger partial charge in [0.1, 0.15) is 0 Å². The molecule has 0 aliphatic heterocycles. The van der Waals surface area contributed by atoms with Crippen molar-refractivity contribution < 1.29 is 0 Å². The third-order valence-electron chi connectivity index (χ3n) is 2.00. The van der Waals surface area contributed by atoms with Crippen molar-refractivity contribution in [3.63, 3.8) is 0 Å². The highest BCUT2D eigenvalue weighted by molar-refractivity contribution is 5.79. The maximum atomic E-state index is 7.19. The molecule has 0 aromatic carbocycles. The summed E-state index contributed by atoms with van der Waals surface area (Å²) in [6.45, 7) is 4.21. The van der Waals surface area contributed by atoms with Crippen LogP contribution in [0.5, 0.6) is 0 Å². The quantitative estimate of drug-likeness (QED) is 0.642. The molecule has 0 atom stereocenters. The van der Waals surface area contributed by atoms with E-state index < -0.39 is 0 Å². The fraction of sp³-hybridized carbons (Fsp3) is 0.500. The number of H-pyrrole nitrogens is 1. The topological polar surface area (TPSA) is 39.6 Å². The molecule has 0 unspecified atom stereocenters. The number of rotatable bonds is 4. The second-order valence-electron chi connectivity index (χ2n) is 3.13. The first-order valence-electron chi connectivity index (χ1n) is 4.47.